The van der Waals surface area contributed by atoms with E-state index in [-0.39, 0.29) is 17.9 Å². The first-order valence-corrected chi connectivity index (χ1v) is 5.27. The van der Waals surface area contributed by atoms with Crippen LogP contribution in [0.4, 0.5) is 0 Å². The Hall–Kier alpha value is -2.07. The zero-order chi connectivity index (χ0) is 12.1. The zero-order valence-electron chi connectivity index (χ0n) is 9.24. The molecule has 0 spiro atoms. The first kappa shape index (κ1) is 11.4. The fourth-order valence-corrected chi connectivity index (χ4v) is 1.43. The number of benzene rings is 1. The van der Waals surface area contributed by atoms with Gasteiger partial charge in [-0.05, 0) is 5.56 Å². The topological polar surface area (TPSA) is 51.5 Å². The molecule has 1 N–H and O–H groups in total. The number of aliphatic hydroxyl groups excluding tert-OH is 1. The zero-order valence-corrected chi connectivity index (χ0v) is 9.24. The molecular formula is C13H13NO3. The molecule has 1 heterocycles. The van der Waals surface area contributed by atoms with Crippen LogP contribution in [0, 0.1) is 0 Å². The molecule has 0 atom stereocenters. The minimum absolute atomic E-state index is 0.179. The molecule has 4 nitrogen and oxygen atoms in total. The van der Waals surface area contributed by atoms with Gasteiger partial charge in [0.1, 0.15) is 13.3 Å². The summed E-state index contributed by atoms with van der Waals surface area (Å²) in [4.78, 5) is 11.5. The number of rotatable bonds is 4. The van der Waals surface area contributed by atoms with Crippen LogP contribution < -0.4 is 10.2 Å². The first-order chi connectivity index (χ1) is 8.29. The van der Waals surface area contributed by atoms with Crippen LogP contribution in [0.5, 0.6) is 5.75 Å². The van der Waals surface area contributed by atoms with Gasteiger partial charge in [-0.15, -0.1) is 0 Å². The van der Waals surface area contributed by atoms with Crippen LogP contribution in [-0.4, -0.2) is 9.67 Å². The maximum Gasteiger partial charge on any atom is 0.223 e. The summed E-state index contributed by atoms with van der Waals surface area (Å²) in [6.07, 6.45) is 3.00. The molecule has 2 rings (SSSR count). The van der Waals surface area contributed by atoms with E-state index < -0.39 is 0 Å². The number of hydrogen-bond donors (Lipinski definition) is 1. The maximum absolute atomic E-state index is 11.5. The molecule has 2 aromatic rings. The van der Waals surface area contributed by atoms with Gasteiger partial charge in [0.2, 0.25) is 5.43 Å². The lowest BCUT2D eigenvalue weighted by atomic mass is 10.2. The molecule has 0 saturated heterocycles. The van der Waals surface area contributed by atoms with E-state index in [2.05, 4.69) is 0 Å². The minimum Gasteiger partial charge on any atom is -0.483 e. The summed E-state index contributed by atoms with van der Waals surface area (Å²) in [6, 6.07) is 11.0. The molecule has 0 aliphatic heterocycles. The first-order valence-electron chi connectivity index (χ1n) is 5.27. The second-order valence-corrected chi connectivity index (χ2v) is 3.60. The van der Waals surface area contributed by atoms with Gasteiger partial charge < -0.3 is 14.4 Å². The molecule has 0 radical (unpaired) electrons. The number of hydrogen-bond acceptors (Lipinski definition) is 3. The van der Waals surface area contributed by atoms with Crippen molar-refractivity contribution in [2.24, 2.45) is 0 Å². The van der Waals surface area contributed by atoms with Crippen molar-refractivity contribution in [3.8, 4) is 5.75 Å². The van der Waals surface area contributed by atoms with Gasteiger partial charge in [0.05, 0.1) is 6.20 Å². The largest absolute Gasteiger partial charge is 0.483 e. The van der Waals surface area contributed by atoms with Crippen molar-refractivity contribution >= 4 is 0 Å². The van der Waals surface area contributed by atoms with Crippen molar-refractivity contribution in [2.75, 3.05) is 0 Å². The summed E-state index contributed by atoms with van der Waals surface area (Å²) in [5.41, 5.74) is 0.803. The van der Waals surface area contributed by atoms with Crippen molar-refractivity contribution in [1.82, 2.24) is 4.57 Å². The normalized spacial score (nSPS) is 10.2. The highest BCUT2D eigenvalue weighted by atomic mass is 16.5. The van der Waals surface area contributed by atoms with E-state index in [0.717, 1.165) is 5.56 Å². The van der Waals surface area contributed by atoms with Gasteiger partial charge in [-0.1, -0.05) is 30.3 Å². The summed E-state index contributed by atoms with van der Waals surface area (Å²) in [7, 11) is 0. The monoisotopic (exact) mass is 231 g/mol. The van der Waals surface area contributed by atoms with Crippen molar-refractivity contribution in [2.45, 2.75) is 13.3 Å². The highest BCUT2D eigenvalue weighted by Gasteiger charge is 2.01. The third-order valence-electron chi connectivity index (χ3n) is 2.34. The lowest BCUT2D eigenvalue weighted by molar-refractivity contribution is 0.206. The molecule has 0 fully saturated rings. The number of aromatic nitrogens is 1. The lowest BCUT2D eigenvalue weighted by Gasteiger charge is -2.07. The fourth-order valence-electron chi connectivity index (χ4n) is 1.43. The second-order valence-electron chi connectivity index (χ2n) is 3.60. The van der Waals surface area contributed by atoms with Crippen molar-refractivity contribution in [1.29, 1.82) is 0 Å². The van der Waals surface area contributed by atoms with Gasteiger partial charge in [0.15, 0.2) is 5.75 Å². The summed E-state index contributed by atoms with van der Waals surface area (Å²) in [6.45, 7) is 0.160. The molecule has 4 heteroatoms. The number of nitrogens with zero attached hydrogens (tertiary/aromatic N) is 1. The summed E-state index contributed by atoms with van der Waals surface area (Å²) in [5, 5.41) is 8.94. The summed E-state index contributed by atoms with van der Waals surface area (Å²) in [5.74, 6) is 0.241. The Bertz CT molecular complexity index is 534. The van der Waals surface area contributed by atoms with Crippen LogP contribution in [0.3, 0.4) is 0 Å². The molecule has 0 amide bonds. The Morgan fingerprint density at radius 3 is 2.65 bits per heavy atom. The van der Waals surface area contributed by atoms with Crippen molar-refractivity contribution in [3.05, 3.63) is 64.6 Å². The predicted molar refractivity (Wildman–Crippen MR) is 63.7 cm³/mol. The van der Waals surface area contributed by atoms with E-state index in [1.54, 1.807) is 0 Å². The fraction of sp³-hybridized carbons (Fsp3) is 0.154. The van der Waals surface area contributed by atoms with Crippen molar-refractivity contribution < 1.29 is 9.84 Å². The van der Waals surface area contributed by atoms with Crippen LogP contribution >= 0.6 is 0 Å². The molecule has 1 aromatic carbocycles. The smallest absolute Gasteiger partial charge is 0.223 e. The van der Waals surface area contributed by atoms with E-state index in [1.165, 1.54) is 23.0 Å². The molecule has 0 aliphatic carbocycles. The average molecular weight is 231 g/mol. The van der Waals surface area contributed by atoms with E-state index in [1.807, 2.05) is 30.3 Å². The minimum atomic E-state index is -0.189. The Morgan fingerprint density at radius 1 is 1.18 bits per heavy atom. The maximum atomic E-state index is 11.5. The molecule has 0 aliphatic rings. The van der Waals surface area contributed by atoms with Crippen LogP contribution in [-0.2, 0) is 13.3 Å². The molecule has 0 saturated carbocycles. The highest BCUT2D eigenvalue weighted by molar-refractivity contribution is 5.19. The third kappa shape index (κ3) is 2.95. The number of ether oxygens (including phenoxy) is 1. The number of pyridine rings is 1. The Balaban J connectivity index is 2.11. The van der Waals surface area contributed by atoms with Gasteiger partial charge in [-0.25, -0.2) is 0 Å². The van der Waals surface area contributed by atoms with Crippen LogP contribution in [0.25, 0.3) is 0 Å². The van der Waals surface area contributed by atoms with E-state index in [9.17, 15) is 4.79 Å². The molecule has 0 unspecified atom stereocenters. The second kappa shape index (κ2) is 5.32. The Labute approximate surface area is 98.7 Å². The van der Waals surface area contributed by atoms with Gasteiger partial charge in [-0.2, -0.15) is 0 Å². The van der Waals surface area contributed by atoms with Crippen LogP contribution in [0.15, 0.2) is 53.6 Å². The van der Waals surface area contributed by atoms with Crippen molar-refractivity contribution in [3.63, 3.8) is 0 Å². The SMILES string of the molecule is O=c1ccn(CO)cc1OCc1ccccc1. The molecular weight excluding hydrogens is 218 g/mol. The highest BCUT2D eigenvalue weighted by Crippen LogP contribution is 2.06. The number of aliphatic hydroxyl groups is 1. The van der Waals surface area contributed by atoms with E-state index >= 15 is 0 Å². The van der Waals surface area contributed by atoms with Gasteiger partial charge >= 0.3 is 0 Å². The van der Waals surface area contributed by atoms with E-state index in [0.29, 0.717) is 6.61 Å². The quantitative estimate of drug-likeness (QED) is 0.864. The van der Waals surface area contributed by atoms with Gasteiger partial charge in [-0.3, -0.25) is 4.79 Å². The molecule has 17 heavy (non-hydrogen) atoms. The predicted octanol–water partition coefficient (Wildman–Crippen LogP) is 1.38. The van der Waals surface area contributed by atoms with Gasteiger partial charge in [0, 0.05) is 12.3 Å². The Morgan fingerprint density at radius 2 is 1.94 bits per heavy atom. The lowest BCUT2D eigenvalue weighted by Crippen LogP contribution is -2.10. The summed E-state index contributed by atoms with van der Waals surface area (Å²) >= 11 is 0. The summed E-state index contributed by atoms with van der Waals surface area (Å²) < 4.78 is 6.89. The molecule has 1 aromatic heterocycles. The third-order valence-corrected chi connectivity index (χ3v) is 2.34. The standard InChI is InChI=1S/C13H13NO3/c15-10-14-7-6-12(16)13(8-14)17-9-11-4-2-1-3-5-11/h1-8,15H,9-10H2. The average Bonchev–Trinajstić information content (AvgIpc) is 2.39. The van der Waals surface area contributed by atoms with E-state index in [4.69, 9.17) is 9.84 Å². The van der Waals surface area contributed by atoms with Gasteiger partial charge in [0.25, 0.3) is 0 Å². The Kier molecular flexibility index (Phi) is 3.57. The van der Waals surface area contributed by atoms with Crippen LogP contribution in [0.2, 0.25) is 0 Å². The van der Waals surface area contributed by atoms with Crippen LogP contribution in [0.1, 0.15) is 5.56 Å². The molecule has 0 bridgehead atoms. The molecule has 88 valence electrons.